The molecule has 0 saturated heterocycles. The van der Waals surface area contributed by atoms with E-state index in [1.54, 1.807) is 12.1 Å². The zero-order valence-electron chi connectivity index (χ0n) is 13.2. The molecular weight excluding hydrogens is 268 g/mol. The van der Waals surface area contributed by atoms with Crippen LogP contribution in [-0.4, -0.2) is 18.1 Å². The summed E-state index contributed by atoms with van der Waals surface area (Å²) in [7, 11) is 1.45. The molecule has 0 aliphatic heterocycles. The first-order valence-corrected chi connectivity index (χ1v) is 7.40. The Bertz CT molecular complexity index is 528. The lowest BCUT2D eigenvalue weighted by Crippen LogP contribution is -2.35. The van der Waals surface area contributed by atoms with Crippen molar-refractivity contribution in [3.8, 4) is 5.75 Å². The highest BCUT2D eigenvalue weighted by Gasteiger charge is 2.32. The average Bonchev–Trinajstić information content (AvgIpc) is 2.36. The lowest BCUT2D eigenvalue weighted by molar-refractivity contribution is -0.385. The molecule has 0 amide bonds. The molecule has 0 radical (unpaired) electrons. The highest BCUT2D eigenvalue weighted by molar-refractivity contribution is 5.58. The Morgan fingerprint density at radius 3 is 2.67 bits per heavy atom. The number of benzene rings is 1. The summed E-state index contributed by atoms with van der Waals surface area (Å²) in [6, 6.07) is 5.41. The Morgan fingerprint density at radius 1 is 1.38 bits per heavy atom. The van der Waals surface area contributed by atoms with E-state index in [0.29, 0.717) is 23.1 Å². The molecule has 0 aromatic heterocycles. The number of anilines is 1. The van der Waals surface area contributed by atoms with Crippen LogP contribution >= 0.6 is 0 Å². The number of nitro groups is 1. The van der Waals surface area contributed by atoms with Crippen LogP contribution in [0.4, 0.5) is 11.4 Å². The number of hydrogen-bond donors (Lipinski definition) is 1. The number of nitrogens with one attached hydrogen (secondary N) is 1. The van der Waals surface area contributed by atoms with Crippen LogP contribution in [0.25, 0.3) is 0 Å². The maximum Gasteiger partial charge on any atom is 0.312 e. The largest absolute Gasteiger partial charge is 0.490 e. The number of nitro benzene ring substituents is 1. The summed E-state index contributed by atoms with van der Waals surface area (Å²) < 4.78 is 5.03. The number of rotatable bonds is 4. The molecule has 1 aliphatic carbocycles. The molecule has 1 aromatic rings. The summed E-state index contributed by atoms with van der Waals surface area (Å²) in [5.41, 5.74) is 1.11. The van der Waals surface area contributed by atoms with Crippen molar-refractivity contribution in [3.63, 3.8) is 0 Å². The van der Waals surface area contributed by atoms with Crippen molar-refractivity contribution in [2.24, 2.45) is 11.3 Å². The zero-order chi connectivity index (χ0) is 15.6. The van der Waals surface area contributed by atoms with E-state index in [1.807, 2.05) is 6.07 Å². The van der Waals surface area contributed by atoms with Gasteiger partial charge in [0.15, 0.2) is 5.75 Å². The number of hydrogen-bond acceptors (Lipinski definition) is 4. The minimum absolute atomic E-state index is 0.00520. The van der Waals surface area contributed by atoms with Gasteiger partial charge in [-0.3, -0.25) is 10.1 Å². The molecule has 0 heterocycles. The fourth-order valence-electron chi connectivity index (χ4n) is 3.61. The SMILES string of the molecule is COc1ccc(NC2CC(C)CC(C)(C)C2)cc1[N+](=O)[O-]. The number of nitrogens with zero attached hydrogens (tertiary/aromatic N) is 1. The molecule has 5 heteroatoms. The van der Waals surface area contributed by atoms with E-state index in [2.05, 4.69) is 26.1 Å². The number of ether oxygens (including phenoxy) is 1. The Labute approximate surface area is 125 Å². The van der Waals surface area contributed by atoms with Gasteiger partial charge in [0, 0.05) is 17.8 Å². The minimum atomic E-state index is -0.405. The van der Waals surface area contributed by atoms with Crippen LogP contribution in [0.3, 0.4) is 0 Å². The van der Waals surface area contributed by atoms with E-state index < -0.39 is 4.92 Å². The molecule has 2 atom stereocenters. The third kappa shape index (κ3) is 3.86. The standard InChI is InChI=1S/C16H24N2O3/c1-11-7-13(10-16(2,3)9-11)17-12-5-6-15(21-4)14(8-12)18(19)20/h5-6,8,11,13,17H,7,9-10H2,1-4H3. The average molecular weight is 292 g/mol. The fourth-order valence-corrected chi connectivity index (χ4v) is 3.61. The van der Waals surface area contributed by atoms with Crippen molar-refractivity contribution in [1.82, 2.24) is 0 Å². The molecule has 0 bridgehead atoms. The van der Waals surface area contributed by atoms with Crippen molar-refractivity contribution in [2.75, 3.05) is 12.4 Å². The molecule has 2 rings (SSSR count). The van der Waals surface area contributed by atoms with Gasteiger partial charge in [-0.25, -0.2) is 0 Å². The van der Waals surface area contributed by atoms with Gasteiger partial charge in [-0.05, 0) is 42.7 Å². The monoisotopic (exact) mass is 292 g/mol. The lowest BCUT2D eigenvalue weighted by Gasteiger charge is -2.39. The van der Waals surface area contributed by atoms with Crippen LogP contribution in [0, 0.1) is 21.4 Å². The number of methoxy groups -OCH3 is 1. The van der Waals surface area contributed by atoms with Gasteiger partial charge in [0.1, 0.15) is 0 Å². The molecular formula is C16H24N2O3. The Balaban J connectivity index is 2.16. The van der Waals surface area contributed by atoms with Gasteiger partial charge in [0.2, 0.25) is 0 Å². The second-order valence-electron chi connectivity index (χ2n) is 6.90. The first kappa shape index (κ1) is 15.6. The summed E-state index contributed by atoms with van der Waals surface area (Å²) in [5, 5.41) is 14.5. The van der Waals surface area contributed by atoms with Gasteiger partial charge in [-0.15, -0.1) is 0 Å². The summed E-state index contributed by atoms with van der Waals surface area (Å²) in [6.45, 7) is 6.84. The summed E-state index contributed by atoms with van der Waals surface area (Å²) in [6.07, 6.45) is 3.41. The van der Waals surface area contributed by atoms with E-state index in [0.717, 1.165) is 18.5 Å². The third-order valence-electron chi connectivity index (χ3n) is 4.13. The highest BCUT2D eigenvalue weighted by atomic mass is 16.6. The van der Waals surface area contributed by atoms with Crippen LogP contribution in [0.2, 0.25) is 0 Å². The van der Waals surface area contributed by atoms with Crippen molar-refractivity contribution in [3.05, 3.63) is 28.3 Å². The van der Waals surface area contributed by atoms with Crippen LogP contribution in [0.1, 0.15) is 40.0 Å². The maximum absolute atomic E-state index is 11.1. The second kappa shape index (κ2) is 5.92. The van der Waals surface area contributed by atoms with Gasteiger partial charge < -0.3 is 10.1 Å². The molecule has 1 N–H and O–H groups in total. The van der Waals surface area contributed by atoms with E-state index >= 15 is 0 Å². The Kier molecular flexibility index (Phi) is 4.40. The van der Waals surface area contributed by atoms with Crippen molar-refractivity contribution in [1.29, 1.82) is 0 Å². The van der Waals surface area contributed by atoms with Crippen molar-refractivity contribution < 1.29 is 9.66 Å². The first-order valence-electron chi connectivity index (χ1n) is 7.40. The van der Waals surface area contributed by atoms with Crippen LogP contribution in [-0.2, 0) is 0 Å². The third-order valence-corrected chi connectivity index (χ3v) is 4.13. The molecule has 1 fully saturated rings. The molecule has 5 nitrogen and oxygen atoms in total. The van der Waals surface area contributed by atoms with E-state index in [4.69, 9.17) is 4.74 Å². The Morgan fingerprint density at radius 2 is 2.10 bits per heavy atom. The van der Waals surface area contributed by atoms with Crippen molar-refractivity contribution in [2.45, 2.75) is 46.1 Å². The topological polar surface area (TPSA) is 64.4 Å². The second-order valence-corrected chi connectivity index (χ2v) is 6.90. The van der Waals surface area contributed by atoms with Gasteiger partial charge in [0.05, 0.1) is 12.0 Å². The molecule has 1 aromatic carbocycles. The molecule has 0 spiro atoms. The normalized spacial score (nSPS) is 24.4. The van der Waals surface area contributed by atoms with Gasteiger partial charge in [-0.1, -0.05) is 20.8 Å². The van der Waals surface area contributed by atoms with Gasteiger partial charge in [0.25, 0.3) is 0 Å². The van der Waals surface area contributed by atoms with Crippen molar-refractivity contribution >= 4 is 11.4 Å². The van der Waals surface area contributed by atoms with E-state index in [9.17, 15) is 10.1 Å². The highest BCUT2D eigenvalue weighted by Crippen LogP contribution is 2.40. The summed E-state index contributed by atoms with van der Waals surface area (Å²) in [5.74, 6) is 0.961. The minimum Gasteiger partial charge on any atom is -0.490 e. The zero-order valence-corrected chi connectivity index (χ0v) is 13.2. The molecule has 2 unspecified atom stereocenters. The van der Waals surface area contributed by atoms with E-state index in [-0.39, 0.29) is 5.69 Å². The molecule has 21 heavy (non-hydrogen) atoms. The molecule has 116 valence electrons. The summed E-state index contributed by atoms with van der Waals surface area (Å²) in [4.78, 5) is 10.7. The predicted molar refractivity (Wildman–Crippen MR) is 83.9 cm³/mol. The summed E-state index contributed by atoms with van der Waals surface area (Å²) >= 11 is 0. The Hall–Kier alpha value is -1.78. The lowest BCUT2D eigenvalue weighted by atomic mass is 9.70. The van der Waals surface area contributed by atoms with Crippen LogP contribution in [0.15, 0.2) is 18.2 Å². The van der Waals surface area contributed by atoms with E-state index in [1.165, 1.54) is 13.5 Å². The fraction of sp³-hybridized carbons (Fsp3) is 0.625. The van der Waals surface area contributed by atoms with Crippen LogP contribution in [0.5, 0.6) is 5.75 Å². The quantitative estimate of drug-likeness (QED) is 0.666. The maximum atomic E-state index is 11.1. The smallest absolute Gasteiger partial charge is 0.312 e. The molecule has 1 saturated carbocycles. The van der Waals surface area contributed by atoms with Gasteiger partial charge >= 0.3 is 5.69 Å². The van der Waals surface area contributed by atoms with Crippen LogP contribution < -0.4 is 10.1 Å². The molecule has 1 aliphatic rings. The predicted octanol–water partition coefficient (Wildman–Crippen LogP) is 4.23. The van der Waals surface area contributed by atoms with Gasteiger partial charge in [-0.2, -0.15) is 0 Å². The first-order chi connectivity index (χ1) is 9.80.